The van der Waals surface area contributed by atoms with Gasteiger partial charge >= 0.3 is 11.9 Å². The molecule has 1 amide bonds. The first-order valence-corrected chi connectivity index (χ1v) is 10.1. The van der Waals surface area contributed by atoms with Gasteiger partial charge in [-0.1, -0.05) is 48.5 Å². The number of hydrogen-bond donors (Lipinski definition) is 2. The van der Waals surface area contributed by atoms with Gasteiger partial charge in [-0.25, -0.2) is 9.59 Å². The van der Waals surface area contributed by atoms with Crippen LogP contribution in [-0.4, -0.2) is 24.5 Å². The number of ether oxygens (including phenoxy) is 3. The highest BCUT2D eigenvalue weighted by atomic mass is 16.5. The molecule has 2 aromatic carbocycles. The maximum Gasteiger partial charge on any atom is 0.341 e. The first-order chi connectivity index (χ1) is 15.4. The minimum absolute atomic E-state index is 0.0241. The van der Waals surface area contributed by atoms with Crippen molar-refractivity contribution in [2.45, 2.75) is 25.9 Å². The fourth-order valence-electron chi connectivity index (χ4n) is 4.14. The Morgan fingerprint density at radius 3 is 2.38 bits per heavy atom. The Hall–Kier alpha value is -4.07. The smallest absolute Gasteiger partial charge is 0.341 e. The van der Waals surface area contributed by atoms with Crippen LogP contribution in [0.25, 0.3) is 0 Å². The zero-order valence-electron chi connectivity index (χ0n) is 17.6. The summed E-state index contributed by atoms with van der Waals surface area (Å²) in [6.45, 7) is 3.16. The van der Waals surface area contributed by atoms with Crippen LogP contribution in [0.3, 0.4) is 0 Å². The van der Waals surface area contributed by atoms with Gasteiger partial charge in [-0.3, -0.25) is 4.79 Å². The van der Waals surface area contributed by atoms with E-state index in [-0.39, 0.29) is 36.0 Å². The van der Waals surface area contributed by atoms with Crippen LogP contribution in [0.15, 0.2) is 77.4 Å². The van der Waals surface area contributed by atoms with Gasteiger partial charge in [0.25, 0.3) is 0 Å². The summed E-state index contributed by atoms with van der Waals surface area (Å²) < 4.78 is 16.3. The van der Waals surface area contributed by atoms with Crippen molar-refractivity contribution < 1.29 is 28.6 Å². The molecule has 0 aliphatic carbocycles. The van der Waals surface area contributed by atoms with Crippen molar-refractivity contribution in [1.29, 1.82) is 0 Å². The number of nitrogens with two attached hydrogens (primary N) is 1. The molecule has 0 saturated heterocycles. The molecule has 0 unspecified atom stereocenters. The monoisotopic (exact) mass is 434 g/mol. The van der Waals surface area contributed by atoms with E-state index in [1.165, 1.54) is 6.92 Å². The number of allylic oxidation sites excluding steroid dienone is 1. The molecule has 0 aromatic heterocycles. The largest absolute Gasteiger partial charge is 0.462 e. The van der Waals surface area contributed by atoms with Crippen molar-refractivity contribution >= 4 is 23.5 Å². The fourth-order valence-corrected chi connectivity index (χ4v) is 4.14. The number of carbonyl (C=O) groups excluding carboxylic acids is 3. The van der Waals surface area contributed by atoms with E-state index in [1.54, 1.807) is 43.3 Å². The minimum atomic E-state index is -1.86. The van der Waals surface area contributed by atoms with Crippen LogP contribution in [0.5, 0.6) is 0 Å². The van der Waals surface area contributed by atoms with Gasteiger partial charge in [0.15, 0.2) is 0 Å². The predicted molar refractivity (Wildman–Crippen MR) is 115 cm³/mol. The molecule has 2 aromatic rings. The molecular formula is C24H22N2O6. The van der Waals surface area contributed by atoms with Crippen molar-refractivity contribution in [2.75, 3.05) is 11.9 Å². The zero-order chi connectivity index (χ0) is 22.9. The normalized spacial score (nSPS) is 19.4. The number of hydrogen-bond acceptors (Lipinski definition) is 7. The van der Waals surface area contributed by atoms with Gasteiger partial charge in [0.1, 0.15) is 28.9 Å². The van der Waals surface area contributed by atoms with E-state index in [1.807, 2.05) is 18.2 Å². The molecule has 0 bridgehead atoms. The number of rotatable bonds is 5. The van der Waals surface area contributed by atoms with Crippen LogP contribution in [0, 0.1) is 0 Å². The standard InChI is InChI=1S/C24H22N2O6/c1-3-30-22(28)19-20(25)32-14(2)18(21(27)31-13-15-9-5-4-6-10-15)24(19)16-11-7-8-12-17(16)26-23(24)29/h4-12H,3,13,25H2,1-2H3,(H,26,29)/t24-/m0/s1. The molecule has 1 atom stereocenters. The van der Waals surface area contributed by atoms with Gasteiger partial charge in [-0.15, -0.1) is 0 Å². The van der Waals surface area contributed by atoms with E-state index in [2.05, 4.69) is 5.32 Å². The maximum absolute atomic E-state index is 13.5. The van der Waals surface area contributed by atoms with E-state index in [0.29, 0.717) is 11.3 Å². The highest BCUT2D eigenvalue weighted by Gasteiger charge is 2.61. The second-order valence-corrected chi connectivity index (χ2v) is 7.30. The average Bonchev–Trinajstić information content (AvgIpc) is 3.05. The summed E-state index contributed by atoms with van der Waals surface area (Å²) >= 11 is 0. The van der Waals surface area contributed by atoms with Gasteiger partial charge in [0.2, 0.25) is 11.8 Å². The summed E-state index contributed by atoms with van der Waals surface area (Å²) in [5.74, 6) is -2.49. The van der Waals surface area contributed by atoms with Crippen molar-refractivity contribution in [1.82, 2.24) is 0 Å². The molecule has 1 spiro atoms. The zero-order valence-corrected chi connectivity index (χ0v) is 17.6. The van der Waals surface area contributed by atoms with Gasteiger partial charge < -0.3 is 25.3 Å². The van der Waals surface area contributed by atoms with E-state index < -0.39 is 23.3 Å². The highest BCUT2D eigenvalue weighted by molar-refractivity contribution is 6.21. The molecule has 3 N–H and O–H groups in total. The number of para-hydroxylation sites is 1. The van der Waals surface area contributed by atoms with Crippen LogP contribution >= 0.6 is 0 Å². The van der Waals surface area contributed by atoms with Crippen LogP contribution in [0.4, 0.5) is 5.69 Å². The summed E-state index contributed by atoms with van der Waals surface area (Å²) in [5.41, 5.74) is 5.48. The number of esters is 2. The number of nitrogens with one attached hydrogen (secondary N) is 1. The number of anilines is 1. The highest BCUT2D eigenvalue weighted by Crippen LogP contribution is 2.52. The Labute approximate surface area is 184 Å². The summed E-state index contributed by atoms with van der Waals surface area (Å²) in [6.07, 6.45) is 0. The van der Waals surface area contributed by atoms with Gasteiger partial charge in [0.05, 0.1) is 6.61 Å². The third kappa shape index (κ3) is 3.20. The predicted octanol–water partition coefficient (Wildman–Crippen LogP) is 2.66. The summed E-state index contributed by atoms with van der Waals surface area (Å²) in [6, 6.07) is 15.9. The van der Waals surface area contributed by atoms with Gasteiger partial charge in [-0.05, 0) is 25.5 Å². The number of benzene rings is 2. The first kappa shape index (κ1) is 21.2. The van der Waals surface area contributed by atoms with E-state index in [4.69, 9.17) is 19.9 Å². The number of fused-ring (bicyclic) bond motifs is 2. The lowest BCUT2D eigenvalue weighted by molar-refractivity contribution is -0.144. The number of amides is 1. The SMILES string of the molecule is CCOC(=O)C1=C(N)OC(C)=C(C(=O)OCc2ccccc2)[C@]12C(=O)Nc1ccccc12. The minimum Gasteiger partial charge on any atom is -0.462 e. The summed E-state index contributed by atoms with van der Waals surface area (Å²) in [7, 11) is 0. The second-order valence-electron chi connectivity index (χ2n) is 7.30. The van der Waals surface area contributed by atoms with E-state index in [0.717, 1.165) is 5.56 Å². The Kier molecular flexibility index (Phi) is 5.44. The average molecular weight is 434 g/mol. The lowest BCUT2D eigenvalue weighted by Gasteiger charge is -2.35. The summed E-state index contributed by atoms with van der Waals surface area (Å²) in [5, 5.41) is 2.75. The van der Waals surface area contributed by atoms with Gasteiger partial charge in [-0.2, -0.15) is 0 Å². The van der Waals surface area contributed by atoms with Crippen molar-refractivity contribution in [3.63, 3.8) is 0 Å². The van der Waals surface area contributed by atoms with Crippen LogP contribution in [0.1, 0.15) is 25.0 Å². The molecule has 2 aliphatic rings. The Bertz CT molecular complexity index is 1170. The molecule has 8 nitrogen and oxygen atoms in total. The molecule has 0 fully saturated rings. The van der Waals surface area contributed by atoms with Crippen LogP contribution < -0.4 is 11.1 Å². The van der Waals surface area contributed by atoms with Crippen molar-refractivity contribution in [3.8, 4) is 0 Å². The number of carbonyl (C=O) groups is 3. The maximum atomic E-state index is 13.5. The molecule has 2 aliphatic heterocycles. The van der Waals surface area contributed by atoms with Crippen LogP contribution in [0.2, 0.25) is 0 Å². The van der Waals surface area contributed by atoms with E-state index in [9.17, 15) is 14.4 Å². The van der Waals surface area contributed by atoms with Crippen LogP contribution in [-0.2, 0) is 40.6 Å². The summed E-state index contributed by atoms with van der Waals surface area (Å²) in [4.78, 5) is 39.9. The topological polar surface area (TPSA) is 117 Å². The van der Waals surface area contributed by atoms with Gasteiger partial charge in [0, 0.05) is 11.3 Å². The molecule has 0 radical (unpaired) electrons. The van der Waals surface area contributed by atoms with Crippen molar-refractivity contribution in [3.05, 3.63) is 88.5 Å². The quantitative estimate of drug-likeness (QED) is 0.695. The second kappa shape index (κ2) is 8.22. The fraction of sp³-hybridized carbons (Fsp3) is 0.208. The molecule has 8 heteroatoms. The third-order valence-corrected chi connectivity index (χ3v) is 5.43. The van der Waals surface area contributed by atoms with Crippen molar-refractivity contribution in [2.24, 2.45) is 5.73 Å². The molecule has 32 heavy (non-hydrogen) atoms. The molecular weight excluding hydrogens is 412 g/mol. The third-order valence-electron chi connectivity index (χ3n) is 5.43. The molecule has 0 saturated carbocycles. The lowest BCUT2D eigenvalue weighted by Crippen LogP contribution is -2.48. The molecule has 2 heterocycles. The Morgan fingerprint density at radius 1 is 1.00 bits per heavy atom. The first-order valence-electron chi connectivity index (χ1n) is 10.1. The lowest BCUT2D eigenvalue weighted by atomic mass is 9.67. The Morgan fingerprint density at radius 2 is 1.66 bits per heavy atom. The molecule has 4 rings (SSSR count). The van der Waals surface area contributed by atoms with E-state index >= 15 is 0 Å². The molecule has 164 valence electrons. The Balaban J connectivity index is 1.86.